The Balaban J connectivity index is 1.80. The predicted molar refractivity (Wildman–Crippen MR) is 85.9 cm³/mol. The Bertz CT molecular complexity index is 892. The zero-order valence-electron chi connectivity index (χ0n) is 11.0. The van der Waals surface area contributed by atoms with Gasteiger partial charge in [0, 0.05) is 28.2 Å². The maximum Gasteiger partial charge on any atom is 0.100 e. The van der Waals surface area contributed by atoms with Gasteiger partial charge in [-0.3, -0.25) is 4.57 Å². The van der Waals surface area contributed by atoms with E-state index in [-0.39, 0.29) is 0 Å². The summed E-state index contributed by atoms with van der Waals surface area (Å²) in [4.78, 5) is 8.50. The van der Waals surface area contributed by atoms with Crippen molar-refractivity contribution in [3.63, 3.8) is 0 Å². The molecule has 4 rings (SSSR count). The lowest BCUT2D eigenvalue weighted by Crippen LogP contribution is -1.94. The van der Waals surface area contributed by atoms with Gasteiger partial charge in [0.2, 0.25) is 0 Å². The average molecular weight is 339 g/mol. The SMILES string of the molecule is Brc1ccc2ncn(-c3ccc(-n4ccnc4)cc3)c2c1. The van der Waals surface area contributed by atoms with Crippen LogP contribution in [0.5, 0.6) is 0 Å². The number of hydrogen-bond donors (Lipinski definition) is 0. The Morgan fingerprint density at radius 1 is 0.905 bits per heavy atom. The number of hydrogen-bond acceptors (Lipinski definition) is 2. The molecule has 4 nitrogen and oxygen atoms in total. The standard InChI is InChI=1S/C16H11BrN4/c17-12-1-6-15-16(9-12)21(11-19-15)14-4-2-13(3-5-14)20-8-7-18-10-20/h1-11H. The van der Waals surface area contributed by atoms with Gasteiger partial charge in [0.15, 0.2) is 0 Å². The van der Waals surface area contributed by atoms with Crippen LogP contribution in [0.3, 0.4) is 0 Å². The highest BCUT2D eigenvalue weighted by Crippen LogP contribution is 2.22. The Labute approximate surface area is 129 Å². The largest absolute Gasteiger partial charge is 0.306 e. The fraction of sp³-hybridized carbons (Fsp3) is 0. The molecule has 0 N–H and O–H groups in total. The minimum atomic E-state index is 0.983. The predicted octanol–water partition coefficient (Wildman–Crippen LogP) is 3.97. The van der Waals surface area contributed by atoms with Gasteiger partial charge >= 0.3 is 0 Å². The molecular formula is C16H11BrN4. The fourth-order valence-electron chi connectivity index (χ4n) is 2.38. The zero-order chi connectivity index (χ0) is 14.2. The second kappa shape index (κ2) is 4.86. The Morgan fingerprint density at radius 2 is 1.71 bits per heavy atom. The highest BCUT2D eigenvalue weighted by atomic mass is 79.9. The maximum absolute atomic E-state index is 4.44. The summed E-state index contributed by atoms with van der Waals surface area (Å²) >= 11 is 3.51. The number of halogens is 1. The fourth-order valence-corrected chi connectivity index (χ4v) is 2.73. The summed E-state index contributed by atoms with van der Waals surface area (Å²) in [7, 11) is 0. The Kier molecular flexibility index (Phi) is 2.86. The van der Waals surface area contributed by atoms with Crippen molar-refractivity contribution in [1.82, 2.24) is 19.1 Å². The number of nitrogens with zero attached hydrogens (tertiary/aromatic N) is 4. The number of benzene rings is 2. The topological polar surface area (TPSA) is 35.6 Å². The first kappa shape index (κ1) is 12.3. The first-order valence-corrected chi connectivity index (χ1v) is 7.32. The van der Waals surface area contributed by atoms with Crippen LogP contribution in [0, 0.1) is 0 Å². The molecule has 0 fully saturated rings. The van der Waals surface area contributed by atoms with Crippen LogP contribution < -0.4 is 0 Å². The van der Waals surface area contributed by atoms with Crippen molar-refractivity contribution in [3.8, 4) is 11.4 Å². The van der Waals surface area contributed by atoms with Crippen LogP contribution in [0.25, 0.3) is 22.4 Å². The molecule has 0 unspecified atom stereocenters. The van der Waals surface area contributed by atoms with Gasteiger partial charge in [0.25, 0.3) is 0 Å². The van der Waals surface area contributed by atoms with Gasteiger partial charge in [-0.2, -0.15) is 0 Å². The second-order valence-electron chi connectivity index (χ2n) is 4.73. The quantitative estimate of drug-likeness (QED) is 0.554. The summed E-state index contributed by atoms with van der Waals surface area (Å²) in [6, 6.07) is 14.4. The van der Waals surface area contributed by atoms with Crippen molar-refractivity contribution in [1.29, 1.82) is 0 Å². The van der Waals surface area contributed by atoms with Gasteiger partial charge in [-0.1, -0.05) is 15.9 Å². The van der Waals surface area contributed by atoms with Crippen molar-refractivity contribution in [2.45, 2.75) is 0 Å². The van der Waals surface area contributed by atoms with Gasteiger partial charge in [-0.25, -0.2) is 9.97 Å². The van der Waals surface area contributed by atoms with Gasteiger partial charge in [0.05, 0.1) is 17.4 Å². The molecule has 102 valence electrons. The third-order valence-electron chi connectivity index (χ3n) is 3.44. The number of rotatable bonds is 2. The van der Waals surface area contributed by atoms with Crippen LogP contribution in [0.2, 0.25) is 0 Å². The minimum absolute atomic E-state index is 0.983. The van der Waals surface area contributed by atoms with E-state index >= 15 is 0 Å². The third-order valence-corrected chi connectivity index (χ3v) is 3.93. The number of fused-ring (bicyclic) bond motifs is 1. The van der Waals surface area contributed by atoms with Crippen LogP contribution in [-0.4, -0.2) is 19.1 Å². The van der Waals surface area contributed by atoms with E-state index in [1.54, 1.807) is 12.5 Å². The molecule has 5 heteroatoms. The van der Waals surface area contributed by atoms with E-state index in [0.717, 1.165) is 26.9 Å². The molecule has 4 aromatic rings. The third kappa shape index (κ3) is 2.15. The van der Waals surface area contributed by atoms with Crippen molar-refractivity contribution in [3.05, 3.63) is 72.0 Å². The van der Waals surface area contributed by atoms with Crippen LogP contribution in [0.1, 0.15) is 0 Å². The molecule has 0 radical (unpaired) electrons. The summed E-state index contributed by atoms with van der Waals surface area (Å²) < 4.78 is 5.11. The lowest BCUT2D eigenvalue weighted by molar-refractivity contribution is 1.04. The molecular weight excluding hydrogens is 328 g/mol. The van der Waals surface area contributed by atoms with Crippen molar-refractivity contribution < 1.29 is 0 Å². The highest BCUT2D eigenvalue weighted by Gasteiger charge is 2.05. The molecule has 0 bridgehead atoms. The van der Waals surface area contributed by atoms with Gasteiger partial charge < -0.3 is 4.57 Å². The molecule has 0 saturated heterocycles. The molecule has 21 heavy (non-hydrogen) atoms. The molecule has 0 aliphatic heterocycles. The van der Waals surface area contributed by atoms with Gasteiger partial charge in [-0.05, 0) is 42.5 Å². The number of imidazole rings is 2. The molecule has 0 saturated carbocycles. The normalized spacial score (nSPS) is 11.1. The van der Waals surface area contributed by atoms with E-state index in [2.05, 4.69) is 60.8 Å². The van der Waals surface area contributed by atoms with Crippen LogP contribution in [0.4, 0.5) is 0 Å². The maximum atomic E-state index is 4.44. The summed E-state index contributed by atoms with van der Waals surface area (Å²) in [5, 5.41) is 0. The summed E-state index contributed by atoms with van der Waals surface area (Å²) in [5.74, 6) is 0. The van der Waals surface area contributed by atoms with Crippen LogP contribution in [-0.2, 0) is 0 Å². The Morgan fingerprint density at radius 3 is 2.48 bits per heavy atom. The molecule has 0 aliphatic carbocycles. The first-order valence-electron chi connectivity index (χ1n) is 6.53. The van der Waals surface area contributed by atoms with Crippen LogP contribution in [0.15, 0.2) is 72.0 Å². The molecule has 2 aromatic carbocycles. The van der Waals surface area contributed by atoms with Gasteiger partial charge in [0.1, 0.15) is 6.33 Å². The van der Waals surface area contributed by atoms with E-state index in [1.165, 1.54) is 0 Å². The molecule has 0 spiro atoms. The van der Waals surface area contributed by atoms with E-state index in [9.17, 15) is 0 Å². The van der Waals surface area contributed by atoms with Crippen molar-refractivity contribution in [2.75, 3.05) is 0 Å². The molecule has 2 aromatic heterocycles. The average Bonchev–Trinajstić information content (AvgIpc) is 3.16. The second-order valence-corrected chi connectivity index (χ2v) is 5.65. The molecule has 2 heterocycles. The van der Waals surface area contributed by atoms with Gasteiger partial charge in [-0.15, -0.1) is 0 Å². The van der Waals surface area contributed by atoms with E-state index in [1.807, 2.05) is 29.2 Å². The Hall–Kier alpha value is -2.40. The number of aromatic nitrogens is 4. The molecule has 0 amide bonds. The smallest absolute Gasteiger partial charge is 0.100 e. The van der Waals surface area contributed by atoms with E-state index in [0.29, 0.717) is 0 Å². The van der Waals surface area contributed by atoms with E-state index in [4.69, 9.17) is 0 Å². The molecule has 0 atom stereocenters. The summed E-state index contributed by atoms with van der Waals surface area (Å²) in [6.45, 7) is 0. The molecule has 0 aliphatic rings. The monoisotopic (exact) mass is 338 g/mol. The zero-order valence-corrected chi connectivity index (χ0v) is 12.6. The van der Waals surface area contributed by atoms with E-state index < -0.39 is 0 Å². The lowest BCUT2D eigenvalue weighted by atomic mass is 10.2. The summed E-state index contributed by atoms with van der Waals surface area (Å²) in [5.41, 5.74) is 4.23. The lowest BCUT2D eigenvalue weighted by Gasteiger charge is -2.07. The first-order chi connectivity index (χ1) is 10.3. The van der Waals surface area contributed by atoms with Crippen molar-refractivity contribution in [2.24, 2.45) is 0 Å². The van der Waals surface area contributed by atoms with Crippen LogP contribution >= 0.6 is 15.9 Å². The van der Waals surface area contributed by atoms with Crippen molar-refractivity contribution >= 4 is 27.0 Å². The highest BCUT2D eigenvalue weighted by molar-refractivity contribution is 9.10. The summed E-state index contributed by atoms with van der Waals surface area (Å²) in [6.07, 6.45) is 7.34. The minimum Gasteiger partial charge on any atom is -0.306 e.